The van der Waals surface area contributed by atoms with Crippen LogP contribution >= 0.6 is 24.8 Å². The van der Waals surface area contributed by atoms with Crippen molar-refractivity contribution in [1.82, 2.24) is 15.5 Å². The molecule has 4 fully saturated rings. The summed E-state index contributed by atoms with van der Waals surface area (Å²) in [4.78, 5) is 15.1. The van der Waals surface area contributed by atoms with Crippen LogP contribution in [0.15, 0.2) is 0 Å². The van der Waals surface area contributed by atoms with Gasteiger partial charge in [-0.3, -0.25) is 4.79 Å². The molecule has 2 saturated heterocycles. The lowest BCUT2D eigenvalue weighted by atomic mass is 9.91. The van der Waals surface area contributed by atoms with Crippen molar-refractivity contribution in [3.05, 3.63) is 0 Å². The Hall–Kier alpha value is -0.0300. The number of nitrogens with one attached hydrogen (secondary N) is 2. The van der Waals surface area contributed by atoms with Crippen LogP contribution in [0.1, 0.15) is 44.9 Å². The molecule has 4 rings (SSSR count). The SMILES string of the molecule is Cl.Cl.O=C(NC1CCN(CC2CC2)CC1)C1CC12CCNCC2. The average Bonchev–Trinajstić information content (AvgIpc) is 3.41. The monoisotopic (exact) mass is 363 g/mol. The zero-order chi connectivity index (χ0) is 14.3. The lowest BCUT2D eigenvalue weighted by Gasteiger charge is -2.32. The first kappa shape index (κ1) is 19.3. The van der Waals surface area contributed by atoms with Crippen LogP contribution < -0.4 is 10.6 Å². The summed E-state index contributed by atoms with van der Waals surface area (Å²) in [5.74, 6) is 1.67. The van der Waals surface area contributed by atoms with Gasteiger partial charge < -0.3 is 15.5 Å². The van der Waals surface area contributed by atoms with Gasteiger partial charge in [0.05, 0.1) is 0 Å². The summed E-state index contributed by atoms with van der Waals surface area (Å²) in [7, 11) is 0. The topological polar surface area (TPSA) is 44.4 Å². The van der Waals surface area contributed by atoms with Gasteiger partial charge in [-0.1, -0.05) is 0 Å². The first-order valence-corrected chi connectivity index (χ1v) is 8.99. The Labute approximate surface area is 152 Å². The van der Waals surface area contributed by atoms with Crippen molar-refractivity contribution in [3.8, 4) is 0 Å². The molecule has 2 aliphatic heterocycles. The van der Waals surface area contributed by atoms with Crippen molar-refractivity contribution in [2.24, 2.45) is 17.3 Å². The number of hydrogen-bond donors (Lipinski definition) is 2. The highest BCUT2D eigenvalue weighted by molar-refractivity contribution is 5.85. The fourth-order valence-corrected chi connectivity index (χ4v) is 4.42. The predicted octanol–water partition coefficient (Wildman–Crippen LogP) is 2.21. The van der Waals surface area contributed by atoms with Crippen LogP contribution in [-0.4, -0.2) is 49.6 Å². The molecular formula is C17H31Cl2N3O. The van der Waals surface area contributed by atoms with Gasteiger partial charge in [0.1, 0.15) is 0 Å². The van der Waals surface area contributed by atoms with Crippen LogP contribution in [0.3, 0.4) is 0 Å². The maximum absolute atomic E-state index is 12.5. The van der Waals surface area contributed by atoms with Crippen LogP contribution in [-0.2, 0) is 4.79 Å². The van der Waals surface area contributed by atoms with Crippen LogP contribution in [0.5, 0.6) is 0 Å². The predicted molar refractivity (Wildman–Crippen MR) is 97.5 cm³/mol. The largest absolute Gasteiger partial charge is 0.353 e. The van der Waals surface area contributed by atoms with E-state index in [9.17, 15) is 4.79 Å². The molecule has 2 heterocycles. The molecular weight excluding hydrogens is 333 g/mol. The fourth-order valence-electron chi connectivity index (χ4n) is 4.42. The molecule has 134 valence electrons. The second-order valence-electron chi connectivity index (χ2n) is 7.90. The summed E-state index contributed by atoms with van der Waals surface area (Å²) < 4.78 is 0. The first-order chi connectivity index (χ1) is 10.3. The van der Waals surface area contributed by atoms with Crippen molar-refractivity contribution in [2.75, 3.05) is 32.7 Å². The van der Waals surface area contributed by atoms with E-state index in [4.69, 9.17) is 0 Å². The lowest BCUT2D eigenvalue weighted by Crippen LogP contribution is -2.46. The molecule has 0 aromatic heterocycles. The Morgan fingerprint density at radius 3 is 2.35 bits per heavy atom. The van der Waals surface area contributed by atoms with E-state index in [0.29, 0.717) is 23.3 Å². The number of amides is 1. The molecule has 2 aliphatic carbocycles. The highest BCUT2D eigenvalue weighted by Gasteiger charge is 2.57. The average molecular weight is 364 g/mol. The number of hydrogen-bond acceptors (Lipinski definition) is 3. The first-order valence-electron chi connectivity index (χ1n) is 8.99. The molecule has 4 nitrogen and oxygen atoms in total. The summed E-state index contributed by atoms with van der Waals surface area (Å²) in [5, 5.41) is 6.77. The van der Waals surface area contributed by atoms with Crippen LogP contribution in [0.2, 0.25) is 0 Å². The Kier molecular flexibility index (Phi) is 6.63. The van der Waals surface area contributed by atoms with Gasteiger partial charge in [-0.15, -0.1) is 24.8 Å². The molecule has 23 heavy (non-hydrogen) atoms. The summed E-state index contributed by atoms with van der Waals surface area (Å²) in [5.41, 5.74) is 0.377. The second kappa shape index (κ2) is 7.90. The zero-order valence-corrected chi connectivity index (χ0v) is 15.5. The number of carbonyl (C=O) groups is 1. The number of likely N-dealkylation sites (tertiary alicyclic amines) is 1. The Morgan fingerprint density at radius 2 is 1.74 bits per heavy atom. The van der Waals surface area contributed by atoms with Gasteiger partial charge in [-0.05, 0) is 69.4 Å². The van der Waals surface area contributed by atoms with Crippen molar-refractivity contribution in [2.45, 2.75) is 51.0 Å². The number of rotatable bonds is 4. The van der Waals surface area contributed by atoms with E-state index >= 15 is 0 Å². The third-order valence-electron chi connectivity index (χ3n) is 6.25. The van der Waals surface area contributed by atoms with Crippen molar-refractivity contribution < 1.29 is 4.79 Å². The van der Waals surface area contributed by atoms with E-state index in [0.717, 1.165) is 38.3 Å². The number of halogens is 2. The third kappa shape index (κ3) is 4.53. The van der Waals surface area contributed by atoms with Gasteiger partial charge >= 0.3 is 0 Å². The minimum Gasteiger partial charge on any atom is -0.353 e. The summed E-state index contributed by atoms with van der Waals surface area (Å²) in [6, 6.07) is 0.437. The second-order valence-corrected chi connectivity index (χ2v) is 7.90. The van der Waals surface area contributed by atoms with Crippen LogP contribution in [0.4, 0.5) is 0 Å². The van der Waals surface area contributed by atoms with E-state index in [1.807, 2.05) is 0 Å². The third-order valence-corrected chi connectivity index (χ3v) is 6.25. The Balaban J connectivity index is 0.000000960. The molecule has 2 N–H and O–H groups in total. The zero-order valence-electron chi connectivity index (χ0n) is 13.9. The van der Waals surface area contributed by atoms with Gasteiger partial charge in [0, 0.05) is 31.6 Å². The highest BCUT2D eigenvalue weighted by atomic mass is 35.5. The number of piperidine rings is 2. The summed E-state index contributed by atoms with van der Waals surface area (Å²) in [6.07, 6.45) is 8.72. The van der Waals surface area contributed by atoms with E-state index < -0.39 is 0 Å². The molecule has 1 atom stereocenters. The maximum Gasteiger partial charge on any atom is 0.223 e. The quantitative estimate of drug-likeness (QED) is 0.804. The van der Waals surface area contributed by atoms with Crippen molar-refractivity contribution in [3.63, 3.8) is 0 Å². The Bertz CT molecular complexity index is 403. The minimum absolute atomic E-state index is 0. The Morgan fingerprint density at radius 1 is 1.09 bits per heavy atom. The van der Waals surface area contributed by atoms with Crippen LogP contribution in [0.25, 0.3) is 0 Å². The maximum atomic E-state index is 12.5. The summed E-state index contributed by atoms with van der Waals surface area (Å²) in [6.45, 7) is 5.87. The van der Waals surface area contributed by atoms with Gasteiger partial charge in [-0.25, -0.2) is 0 Å². The normalized spacial score (nSPS) is 30.2. The van der Waals surface area contributed by atoms with E-state index in [-0.39, 0.29) is 24.8 Å². The van der Waals surface area contributed by atoms with E-state index in [1.54, 1.807) is 0 Å². The molecule has 0 bridgehead atoms. The minimum atomic E-state index is 0. The highest BCUT2D eigenvalue weighted by Crippen LogP contribution is 2.58. The van der Waals surface area contributed by atoms with Gasteiger partial charge in [-0.2, -0.15) is 0 Å². The number of carbonyl (C=O) groups excluding carboxylic acids is 1. The van der Waals surface area contributed by atoms with Gasteiger partial charge in [0.2, 0.25) is 5.91 Å². The molecule has 2 saturated carbocycles. The van der Waals surface area contributed by atoms with Crippen LogP contribution in [0, 0.1) is 17.3 Å². The smallest absolute Gasteiger partial charge is 0.223 e. The van der Waals surface area contributed by atoms with Gasteiger partial charge in [0.15, 0.2) is 0 Å². The van der Waals surface area contributed by atoms with Gasteiger partial charge in [0.25, 0.3) is 0 Å². The molecule has 0 aromatic rings. The van der Waals surface area contributed by atoms with Crippen molar-refractivity contribution >= 4 is 30.7 Å². The molecule has 6 heteroatoms. The summed E-state index contributed by atoms with van der Waals surface area (Å²) >= 11 is 0. The van der Waals surface area contributed by atoms with E-state index in [1.165, 1.54) is 45.3 Å². The molecule has 1 spiro atoms. The fraction of sp³-hybridized carbons (Fsp3) is 0.941. The molecule has 4 aliphatic rings. The number of nitrogens with zero attached hydrogens (tertiary/aromatic N) is 1. The molecule has 0 aromatic carbocycles. The standard InChI is InChI=1S/C17H29N3O.2ClH/c21-16(15-11-17(15)5-7-18-8-6-17)19-14-3-9-20(10-4-14)12-13-1-2-13;;/h13-15,18H,1-12H2,(H,19,21);2*1H. The molecule has 0 radical (unpaired) electrons. The molecule has 1 unspecified atom stereocenters. The van der Waals surface area contributed by atoms with E-state index in [2.05, 4.69) is 15.5 Å². The molecule has 1 amide bonds. The lowest BCUT2D eigenvalue weighted by molar-refractivity contribution is -0.124. The van der Waals surface area contributed by atoms with Crippen molar-refractivity contribution in [1.29, 1.82) is 0 Å².